The second-order valence-electron chi connectivity index (χ2n) is 5.29. The maximum absolute atomic E-state index is 11.6. The molecule has 7 nitrogen and oxygen atoms in total. The Kier molecular flexibility index (Phi) is 4.75. The minimum absolute atomic E-state index is 0.0801. The zero-order valence-electron chi connectivity index (χ0n) is 13.4. The summed E-state index contributed by atoms with van der Waals surface area (Å²) in [6, 6.07) is 3.43. The molecule has 0 saturated heterocycles. The van der Waals surface area contributed by atoms with Crippen molar-refractivity contribution in [3.63, 3.8) is 0 Å². The Bertz CT molecular complexity index is 836. The molecule has 8 heteroatoms. The number of thioether (sulfide) groups is 1. The predicted octanol–water partition coefficient (Wildman–Crippen LogP) is 2.82. The molecule has 0 fully saturated rings. The lowest BCUT2D eigenvalue weighted by molar-refractivity contribution is -0.112. The van der Waals surface area contributed by atoms with E-state index in [1.807, 2.05) is 25.1 Å². The molecule has 24 heavy (non-hydrogen) atoms. The molecular formula is C16H17N5O2S. The molecule has 2 aromatic heterocycles. The monoisotopic (exact) mass is 343 g/mol. The van der Waals surface area contributed by atoms with Crippen molar-refractivity contribution >= 4 is 40.6 Å². The van der Waals surface area contributed by atoms with Gasteiger partial charge in [-0.2, -0.15) is 0 Å². The largest absolute Gasteiger partial charge is 0.338 e. The highest BCUT2D eigenvalue weighted by Crippen LogP contribution is 2.43. The number of nitrogens with zero attached hydrogens (tertiary/aromatic N) is 3. The maximum atomic E-state index is 11.6. The molecule has 0 saturated carbocycles. The van der Waals surface area contributed by atoms with E-state index in [1.54, 1.807) is 6.92 Å². The number of carbonyl (C=O) groups excluding carboxylic acids is 2. The molecule has 0 spiro atoms. The fraction of sp³-hybridized carbons (Fsp3) is 0.312. The molecule has 1 unspecified atom stereocenters. The first-order valence-electron chi connectivity index (χ1n) is 7.63. The van der Waals surface area contributed by atoms with Crippen molar-refractivity contribution in [3.8, 4) is 0 Å². The minimum Gasteiger partial charge on any atom is -0.338 e. The van der Waals surface area contributed by atoms with Crippen LogP contribution in [0.2, 0.25) is 0 Å². The summed E-state index contributed by atoms with van der Waals surface area (Å²) in [6.45, 7) is 3.93. The van der Waals surface area contributed by atoms with E-state index in [1.165, 1.54) is 18.0 Å². The highest BCUT2D eigenvalue weighted by Gasteiger charge is 2.23. The number of amides is 2. The van der Waals surface area contributed by atoms with Crippen LogP contribution in [-0.2, 0) is 4.79 Å². The molecule has 3 rings (SSSR count). The molecule has 1 aliphatic rings. The van der Waals surface area contributed by atoms with Gasteiger partial charge in [0, 0.05) is 11.4 Å². The molecule has 2 amide bonds. The molecule has 0 aromatic carbocycles. The van der Waals surface area contributed by atoms with Crippen molar-refractivity contribution in [2.75, 3.05) is 11.9 Å². The molecule has 0 bridgehead atoms. The van der Waals surface area contributed by atoms with Crippen LogP contribution in [0.1, 0.15) is 31.2 Å². The molecule has 1 aliphatic heterocycles. The normalized spacial score (nSPS) is 16.8. The molecule has 2 N–H and O–H groups in total. The number of Topliss-reactive ketones (excluding diaryl/α,β-unsaturated/α-hetero) is 1. The Labute approximate surface area is 143 Å². The Balaban J connectivity index is 1.82. The number of hydrogen-bond acceptors (Lipinski definition) is 6. The first-order chi connectivity index (χ1) is 11.6. The number of anilines is 1. The fourth-order valence-corrected chi connectivity index (χ4v) is 3.45. The summed E-state index contributed by atoms with van der Waals surface area (Å²) in [4.78, 5) is 37.0. The molecule has 0 radical (unpaired) electrons. The molecular weight excluding hydrogens is 326 g/mol. The number of carbonyl (C=O) groups is 2. The van der Waals surface area contributed by atoms with Gasteiger partial charge in [0.2, 0.25) is 0 Å². The lowest BCUT2D eigenvalue weighted by Crippen LogP contribution is -2.28. The Morgan fingerprint density at radius 2 is 2.17 bits per heavy atom. The Morgan fingerprint density at radius 3 is 2.88 bits per heavy atom. The van der Waals surface area contributed by atoms with Gasteiger partial charge in [-0.1, -0.05) is 6.08 Å². The smallest absolute Gasteiger partial charge is 0.320 e. The molecule has 1 atom stereocenters. The summed E-state index contributed by atoms with van der Waals surface area (Å²) in [5, 5.41) is 5.36. The van der Waals surface area contributed by atoms with Crippen molar-refractivity contribution in [2.24, 2.45) is 0 Å². The summed E-state index contributed by atoms with van der Waals surface area (Å²) in [5.74, 6) is 0.427. The highest BCUT2D eigenvalue weighted by atomic mass is 32.2. The third kappa shape index (κ3) is 3.53. The van der Waals surface area contributed by atoms with Crippen molar-refractivity contribution in [3.05, 3.63) is 35.0 Å². The zero-order valence-corrected chi connectivity index (χ0v) is 14.2. The molecule has 2 aromatic rings. The van der Waals surface area contributed by atoms with Gasteiger partial charge in [0.1, 0.15) is 5.52 Å². The van der Waals surface area contributed by atoms with Gasteiger partial charge in [-0.05, 0) is 32.4 Å². The first kappa shape index (κ1) is 16.4. The van der Waals surface area contributed by atoms with Crippen LogP contribution < -0.4 is 10.6 Å². The number of hydrogen-bond donors (Lipinski definition) is 2. The van der Waals surface area contributed by atoms with Gasteiger partial charge < -0.3 is 5.32 Å². The van der Waals surface area contributed by atoms with E-state index in [0.29, 0.717) is 23.5 Å². The van der Waals surface area contributed by atoms with Crippen molar-refractivity contribution < 1.29 is 9.59 Å². The molecule has 0 aliphatic carbocycles. The number of urea groups is 1. The Morgan fingerprint density at radius 1 is 1.33 bits per heavy atom. The second-order valence-corrected chi connectivity index (χ2v) is 6.53. The van der Waals surface area contributed by atoms with Gasteiger partial charge in [-0.15, -0.1) is 11.8 Å². The van der Waals surface area contributed by atoms with Gasteiger partial charge in [0.05, 0.1) is 17.1 Å². The van der Waals surface area contributed by atoms with E-state index < -0.39 is 0 Å². The summed E-state index contributed by atoms with van der Waals surface area (Å²) in [5.41, 5.74) is 1.98. The number of rotatable bonds is 4. The summed E-state index contributed by atoms with van der Waals surface area (Å²) >= 11 is 1.52. The number of pyridine rings is 1. The highest BCUT2D eigenvalue weighted by molar-refractivity contribution is 8.04. The average Bonchev–Trinajstić information content (AvgIpc) is 3.04. The lowest BCUT2D eigenvalue weighted by Gasteiger charge is -2.10. The number of aromatic nitrogens is 3. The SMILES string of the molecule is CCNC(=O)Nc1cnc2ccc(C3CC=C(C(C)=O)S3)nc2n1. The van der Waals surface area contributed by atoms with Gasteiger partial charge in [0.25, 0.3) is 0 Å². The number of ketones is 1. The van der Waals surface area contributed by atoms with E-state index in [4.69, 9.17) is 0 Å². The quantitative estimate of drug-likeness (QED) is 0.886. The number of nitrogens with one attached hydrogen (secondary N) is 2. The summed E-state index contributed by atoms with van der Waals surface area (Å²) in [7, 11) is 0. The zero-order chi connectivity index (χ0) is 17.1. The second kappa shape index (κ2) is 6.96. The summed E-state index contributed by atoms with van der Waals surface area (Å²) in [6.07, 6.45) is 4.21. The van der Waals surface area contributed by atoms with E-state index in [-0.39, 0.29) is 17.1 Å². The fourth-order valence-electron chi connectivity index (χ4n) is 2.34. The van der Waals surface area contributed by atoms with Crippen LogP contribution in [0.5, 0.6) is 0 Å². The standard InChI is InChI=1S/C16H17N5O2S/c1-3-17-16(23)21-14-8-18-11-5-4-10(19-15(11)20-14)13-7-6-12(24-13)9(2)22/h4-6,8,13H,3,7H2,1-2H3,(H2,17,19,20,21,23). The number of fused-ring (bicyclic) bond motifs is 1. The van der Waals surface area contributed by atoms with Crippen molar-refractivity contribution in [1.29, 1.82) is 0 Å². The summed E-state index contributed by atoms with van der Waals surface area (Å²) < 4.78 is 0. The van der Waals surface area contributed by atoms with Crippen LogP contribution in [0.15, 0.2) is 29.3 Å². The maximum Gasteiger partial charge on any atom is 0.320 e. The van der Waals surface area contributed by atoms with E-state index in [0.717, 1.165) is 17.0 Å². The average molecular weight is 343 g/mol. The predicted molar refractivity (Wildman–Crippen MR) is 93.7 cm³/mol. The third-order valence-electron chi connectivity index (χ3n) is 3.47. The van der Waals surface area contributed by atoms with E-state index in [2.05, 4.69) is 25.6 Å². The van der Waals surface area contributed by atoms with Gasteiger partial charge >= 0.3 is 6.03 Å². The first-order valence-corrected chi connectivity index (χ1v) is 8.51. The van der Waals surface area contributed by atoms with Crippen LogP contribution in [0.25, 0.3) is 11.2 Å². The third-order valence-corrected chi connectivity index (χ3v) is 4.90. The Hall–Kier alpha value is -2.48. The molecule has 3 heterocycles. The van der Waals surface area contributed by atoms with Gasteiger partial charge in [-0.3, -0.25) is 10.1 Å². The molecule has 124 valence electrons. The lowest BCUT2D eigenvalue weighted by atomic mass is 10.2. The van der Waals surface area contributed by atoms with Crippen LogP contribution in [0.3, 0.4) is 0 Å². The van der Waals surface area contributed by atoms with Crippen molar-refractivity contribution in [2.45, 2.75) is 25.5 Å². The van der Waals surface area contributed by atoms with Crippen LogP contribution in [-0.4, -0.2) is 33.3 Å². The van der Waals surface area contributed by atoms with Gasteiger partial charge in [-0.25, -0.2) is 19.7 Å². The van der Waals surface area contributed by atoms with E-state index >= 15 is 0 Å². The topological polar surface area (TPSA) is 96.9 Å². The minimum atomic E-state index is -0.330. The van der Waals surface area contributed by atoms with Crippen LogP contribution in [0, 0.1) is 0 Å². The van der Waals surface area contributed by atoms with Gasteiger partial charge in [0.15, 0.2) is 17.2 Å². The number of allylic oxidation sites excluding steroid dienone is 2. The van der Waals surface area contributed by atoms with Crippen molar-refractivity contribution in [1.82, 2.24) is 20.3 Å². The van der Waals surface area contributed by atoms with Crippen LogP contribution >= 0.6 is 11.8 Å². The van der Waals surface area contributed by atoms with Crippen LogP contribution in [0.4, 0.5) is 10.6 Å². The van der Waals surface area contributed by atoms with E-state index in [9.17, 15) is 9.59 Å².